The maximum absolute atomic E-state index is 13.1. The minimum Gasteiger partial charge on any atom is -0.493 e. The number of carbonyl (C=O) groups is 1. The summed E-state index contributed by atoms with van der Waals surface area (Å²) in [7, 11) is 3.18. The van der Waals surface area contributed by atoms with Gasteiger partial charge in [0.1, 0.15) is 24.0 Å². The highest BCUT2D eigenvalue weighted by Gasteiger charge is 2.14. The number of carbonyl (C=O) groups excluding carboxylic acids is 1. The van der Waals surface area contributed by atoms with Crippen molar-refractivity contribution in [2.24, 2.45) is 5.73 Å². The van der Waals surface area contributed by atoms with Crippen LogP contribution < -0.4 is 30.2 Å². The Morgan fingerprint density at radius 1 is 1.03 bits per heavy atom. The van der Waals surface area contributed by atoms with E-state index in [2.05, 4.69) is 10.3 Å². The van der Waals surface area contributed by atoms with Gasteiger partial charge in [-0.15, -0.1) is 0 Å². The molecule has 0 unspecified atom stereocenters. The number of rotatable bonds is 7. The summed E-state index contributed by atoms with van der Waals surface area (Å²) in [5, 5.41) is 3.45. The largest absolute Gasteiger partial charge is 0.493 e. The molecule has 0 saturated carbocycles. The number of hydrogen-bond acceptors (Lipinski definition) is 6. The summed E-state index contributed by atoms with van der Waals surface area (Å²) in [4.78, 5) is 18.3. The van der Waals surface area contributed by atoms with Gasteiger partial charge in [-0.1, -0.05) is 0 Å². The Labute approximate surface area is 195 Å². The van der Waals surface area contributed by atoms with E-state index in [1.54, 1.807) is 62.8 Å². The number of halogens is 1. The molecule has 0 aliphatic heterocycles. The molecule has 4 rings (SSSR count). The molecule has 0 radical (unpaired) electrons. The smallest absolute Gasteiger partial charge is 0.326 e. The molecule has 4 aromatic rings. The first kappa shape index (κ1) is 22.8. The Morgan fingerprint density at radius 3 is 2.44 bits per heavy atom. The monoisotopic (exact) mass is 462 g/mol. The fraction of sp³-hybridized carbons (Fsp3) is 0.120. The van der Waals surface area contributed by atoms with Gasteiger partial charge in [0.15, 0.2) is 11.5 Å². The zero-order chi connectivity index (χ0) is 24.1. The summed E-state index contributed by atoms with van der Waals surface area (Å²) >= 11 is 0. The number of anilines is 2. The van der Waals surface area contributed by atoms with Gasteiger partial charge in [-0.3, -0.25) is 15.6 Å². The predicted molar refractivity (Wildman–Crippen MR) is 128 cm³/mol. The Morgan fingerprint density at radius 2 is 1.76 bits per heavy atom. The standard InChI is InChI=1S/C25H23FN4O4/c1-30(25(31)29-17-5-3-16(26)4-6-17)18-7-9-19(10-8-18)34-22-11-12-28-21-14-23(32-2)24(33-15-27)13-20(21)22/h3-14H,15,27H2,1-2H3,(H,29,31). The summed E-state index contributed by atoms with van der Waals surface area (Å²) in [6, 6.07) is 17.5. The Bertz CT molecular complexity index is 1300. The van der Waals surface area contributed by atoms with Gasteiger partial charge in [0, 0.05) is 36.1 Å². The minimum atomic E-state index is -0.369. The number of nitrogens with zero attached hydrogens (tertiary/aromatic N) is 2. The fourth-order valence-electron chi connectivity index (χ4n) is 3.30. The van der Waals surface area contributed by atoms with E-state index in [1.807, 2.05) is 0 Å². The molecule has 0 aliphatic carbocycles. The second kappa shape index (κ2) is 10.1. The number of pyridine rings is 1. The maximum Gasteiger partial charge on any atom is 0.326 e. The molecular formula is C25H23FN4O4. The number of methoxy groups -OCH3 is 1. The highest BCUT2D eigenvalue weighted by molar-refractivity contribution is 6.01. The highest BCUT2D eigenvalue weighted by atomic mass is 19.1. The number of hydrogen-bond donors (Lipinski definition) is 2. The van der Waals surface area contributed by atoms with E-state index in [0.717, 1.165) is 5.39 Å². The van der Waals surface area contributed by atoms with E-state index in [0.29, 0.717) is 39.9 Å². The minimum absolute atomic E-state index is 0.00202. The highest BCUT2D eigenvalue weighted by Crippen LogP contribution is 2.37. The number of nitrogens with one attached hydrogen (secondary N) is 1. The third kappa shape index (κ3) is 5.00. The van der Waals surface area contributed by atoms with Crippen LogP contribution in [0.4, 0.5) is 20.6 Å². The van der Waals surface area contributed by atoms with Crippen LogP contribution in [-0.2, 0) is 0 Å². The number of fused-ring (bicyclic) bond motifs is 1. The zero-order valence-electron chi connectivity index (χ0n) is 18.6. The number of nitrogens with two attached hydrogens (primary N) is 1. The summed E-state index contributed by atoms with van der Waals surface area (Å²) < 4.78 is 29.9. The van der Waals surface area contributed by atoms with Crippen LogP contribution in [-0.4, -0.2) is 31.9 Å². The van der Waals surface area contributed by atoms with Crippen LogP contribution in [0.2, 0.25) is 0 Å². The van der Waals surface area contributed by atoms with Crippen molar-refractivity contribution in [3.8, 4) is 23.0 Å². The molecule has 34 heavy (non-hydrogen) atoms. The molecule has 1 heterocycles. The third-order valence-corrected chi connectivity index (χ3v) is 5.08. The fourth-order valence-corrected chi connectivity index (χ4v) is 3.30. The van der Waals surface area contributed by atoms with Crippen molar-refractivity contribution in [1.82, 2.24) is 4.98 Å². The molecule has 0 aliphatic rings. The molecule has 174 valence electrons. The van der Waals surface area contributed by atoms with Crippen molar-refractivity contribution in [3.05, 3.63) is 78.7 Å². The lowest BCUT2D eigenvalue weighted by molar-refractivity contribution is 0.258. The van der Waals surface area contributed by atoms with E-state index < -0.39 is 0 Å². The molecule has 0 saturated heterocycles. The first-order chi connectivity index (χ1) is 16.5. The topological polar surface area (TPSA) is 98.9 Å². The van der Waals surface area contributed by atoms with Gasteiger partial charge in [0.2, 0.25) is 0 Å². The summed E-state index contributed by atoms with van der Waals surface area (Å²) in [5.74, 6) is 1.78. The molecule has 3 aromatic carbocycles. The molecule has 3 N–H and O–H groups in total. The van der Waals surface area contributed by atoms with Gasteiger partial charge < -0.3 is 19.5 Å². The Hall–Kier alpha value is -4.37. The van der Waals surface area contributed by atoms with E-state index >= 15 is 0 Å². The third-order valence-electron chi connectivity index (χ3n) is 5.08. The second-order valence-electron chi connectivity index (χ2n) is 7.23. The van der Waals surface area contributed by atoms with E-state index in [9.17, 15) is 9.18 Å². The van der Waals surface area contributed by atoms with Crippen LogP contribution in [0.5, 0.6) is 23.0 Å². The molecule has 8 nitrogen and oxygen atoms in total. The van der Waals surface area contributed by atoms with Crippen molar-refractivity contribution in [2.75, 3.05) is 31.1 Å². The van der Waals surface area contributed by atoms with Crippen molar-refractivity contribution in [3.63, 3.8) is 0 Å². The average Bonchev–Trinajstić information content (AvgIpc) is 2.85. The number of amides is 2. The van der Waals surface area contributed by atoms with Crippen LogP contribution in [0, 0.1) is 5.82 Å². The van der Waals surface area contributed by atoms with Crippen molar-refractivity contribution < 1.29 is 23.4 Å². The van der Waals surface area contributed by atoms with Crippen molar-refractivity contribution in [2.45, 2.75) is 0 Å². The first-order valence-electron chi connectivity index (χ1n) is 10.4. The van der Waals surface area contributed by atoms with Crippen LogP contribution in [0.15, 0.2) is 72.9 Å². The van der Waals surface area contributed by atoms with Crippen LogP contribution in [0.25, 0.3) is 10.9 Å². The molecule has 1 aromatic heterocycles. The number of aromatic nitrogens is 1. The van der Waals surface area contributed by atoms with Gasteiger partial charge in [0.05, 0.1) is 12.6 Å². The quantitative estimate of drug-likeness (QED) is 0.369. The molecule has 0 fully saturated rings. The van der Waals surface area contributed by atoms with Gasteiger partial charge in [-0.05, 0) is 60.7 Å². The summed E-state index contributed by atoms with van der Waals surface area (Å²) in [6.07, 6.45) is 1.64. The molecular weight excluding hydrogens is 439 g/mol. The SMILES string of the molecule is COc1cc2nccc(Oc3ccc(N(C)C(=O)Nc4ccc(F)cc4)cc3)c2cc1OCN. The van der Waals surface area contributed by atoms with Crippen molar-refractivity contribution >= 4 is 28.3 Å². The first-order valence-corrected chi connectivity index (χ1v) is 10.4. The van der Waals surface area contributed by atoms with E-state index in [-0.39, 0.29) is 18.6 Å². The average molecular weight is 462 g/mol. The molecule has 0 spiro atoms. The van der Waals surface area contributed by atoms with Crippen LogP contribution in [0.1, 0.15) is 0 Å². The van der Waals surface area contributed by atoms with Crippen LogP contribution in [0.3, 0.4) is 0 Å². The summed E-state index contributed by atoms with van der Waals surface area (Å²) in [5.41, 5.74) is 7.35. The lowest BCUT2D eigenvalue weighted by Crippen LogP contribution is -2.31. The van der Waals surface area contributed by atoms with Crippen molar-refractivity contribution in [1.29, 1.82) is 0 Å². The zero-order valence-corrected chi connectivity index (χ0v) is 18.6. The lowest BCUT2D eigenvalue weighted by atomic mass is 10.2. The number of urea groups is 1. The normalized spacial score (nSPS) is 10.6. The maximum atomic E-state index is 13.1. The Kier molecular flexibility index (Phi) is 6.74. The second-order valence-corrected chi connectivity index (χ2v) is 7.23. The van der Waals surface area contributed by atoms with Gasteiger partial charge >= 0.3 is 6.03 Å². The summed E-state index contributed by atoms with van der Waals surface area (Å²) in [6.45, 7) is 0.00202. The van der Waals surface area contributed by atoms with Gasteiger partial charge in [0.25, 0.3) is 0 Å². The lowest BCUT2D eigenvalue weighted by Gasteiger charge is -2.18. The molecule has 0 atom stereocenters. The van der Waals surface area contributed by atoms with Crippen LogP contribution >= 0.6 is 0 Å². The van der Waals surface area contributed by atoms with E-state index in [4.69, 9.17) is 19.9 Å². The van der Waals surface area contributed by atoms with Gasteiger partial charge in [-0.2, -0.15) is 0 Å². The van der Waals surface area contributed by atoms with Gasteiger partial charge in [-0.25, -0.2) is 9.18 Å². The predicted octanol–water partition coefficient (Wildman–Crippen LogP) is 5.14. The Balaban J connectivity index is 1.51. The molecule has 9 heteroatoms. The molecule has 2 amide bonds. The van der Waals surface area contributed by atoms with E-state index in [1.165, 1.54) is 29.2 Å². The number of benzene rings is 3. The number of ether oxygens (including phenoxy) is 3. The molecule has 0 bridgehead atoms.